The lowest BCUT2D eigenvalue weighted by molar-refractivity contribution is -0.119. The first-order valence-corrected chi connectivity index (χ1v) is 4.65. The van der Waals surface area contributed by atoms with E-state index in [4.69, 9.17) is 16.2 Å². The second kappa shape index (κ2) is 4.59. The standard InChI is InChI=1S/C10H13N3O2.ClH/c1-13-8-4-6(11)2-3-9(8)15-5-7(12)10(13)14;/h2-4,7H,5,11-12H2,1H3;1H/t7-;/m0./s1. The fraction of sp³-hybridized carbons (Fsp3) is 0.300. The summed E-state index contributed by atoms with van der Waals surface area (Å²) in [5, 5.41) is 0. The van der Waals surface area contributed by atoms with E-state index in [1.807, 2.05) is 0 Å². The van der Waals surface area contributed by atoms with Crippen LogP contribution in [-0.4, -0.2) is 25.6 Å². The van der Waals surface area contributed by atoms with Crippen LogP contribution in [0.5, 0.6) is 5.75 Å². The van der Waals surface area contributed by atoms with E-state index in [1.165, 1.54) is 4.90 Å². The van der Waals surface area contributed by atoms with E-state index >= 15 is 0 Å². The zero-order valence-corrected chi connectivity index (χ0v) is 9.66. The van der Waals surface area contributed by atoms with Gasteiger partial charge in [0, 0.05) is 12.7 Å². The highest BCUT2D eigenvalue weighted by Crippen LogP contribution is 2.31. The number of nitrogens with two attached hydrogens (primary N) is 2. The van der Waals surface area contributed by atoms with E-state index in [-0.39, 0.29) is 24.9 Å². The van der Waals surface area contributed by atoms with Crippen molar-refractivity contribution in [2.24, 2.45) is 5.73 Å². The molecule has 2 rings (SSSR count). The van der Waals surface area contributed by atoms with Crippen LogP contribution >= 0.6 is 12.4 Å². The number of hydrogen-bond acceptors (Lipinski definition) is 4. The molecule has 0 radical (unpaired) electrons. The van der Waals surface area contributed by atoms with Crippen LogP contribution in [0, 0.1) is 0 Å². The summed E-state index contributed by atoms with van der Waals surface area (Å²) < 4.78 is 5.41. The maximum Gasteiger partial charge on any atom is 0.247 e. The normalized spacial score (nSPS) is 19.2. The van der Waals surface area contributed by atoms with E-state index in [2.05, 4.69) is 0 Å². The number of benzene rings is 1. The summed E-state index contributed by atoms with van der Waals surface area (Å²) in [5.74, 6) is 0.465. The van der Waals surface area contributed by atoms with Crippen molar-refractivity contribution in [3.8, 4) is 5.75 Å². The molecule has 88 valence electrons. The largest absolute Gasteiger partial charge is 0.489 e. The number of nitrogens with zero attached hydrogens (tertiary/aromatic N) is 1. The van der Waals surface area contributed by atoms with E-state index in [1.54, 1.807) is 25.2 Å². The van der Waals surface area contributed by atoms with E-state index in [0.717, 1.165) is 0 Å². The van der Waals surface area contributed by atoms with E-state index in [9.17, 15) is 4.79 Å². The summed E-state index contributed by atoms with van der Waals surface area (Å²) in [4.78, 5) is 13.2. The number of halogens is 1. The van der Waals surface area contributed by atoms with Gasteiger partial charge in [-0.1, -0.05) is 0 Å². The lowest BCUT2D eigenvalue weighted by Crippen LogP contribution is -2.43. The molecule has 0 aromatic heterocycles. The number of carbonyl (C=O) groups excluding carboxylic acids is 1. The van der Waals surface area contributed by atoms with Crippen LogP contribution in [0.3, 0.4) is 0 Å². The number of fused-ring (bicyclic) bond motifs is 1. The van der Waals surface area contributed by atoms with Crippen molar-refractivity contribution in [1.82, 2.24) is 0 Å². The molecule has 5 nitrogen and oxygen atoms in total. The highest BCUT2D eigenvalue weighted by Gasteiger charge is 2.26. The number of rotatable bonds is 0. The van der Waals surface area contributed by atoms with Gasteiger partial charge in [-0.05, 0) is 18.2 Å². The predicted octanol–water partition coefficient (Wildman–Crippen LogP) is 0.373. The van der Waals surface area contributed by atoms with Crippen molar-refractivity contribution >= 4 is 29.7 Å². The minimum Gasteiger partial charge on any atom is -0.489 e. The van der Waals surface area contributed by atoms with Crippen molar-refractivity contribution in [2.75, 3.05) is 24.3 Å². The van der Waals surface area contributed by atoms with Crippen LogP contribution in [0.4, 0.5) is 11.4 Å². The summed E-state index contributed by atoms with van der Waals surface area (Å²) >= 11 is 0. The quantitative estimate of drug-likeness (QED) is 0.646. The monoisotopic (exact) mass is 243 g/mol. The SMILES string of the molecule is CN1C(=O)[C@@H](N)COc2ccc(N)cc21.Cl. The Labute approximate surface area is 99.8 Å². The third-order valence-corrected chi connectivity index (χ3v) is 2.41. The highest BCUT2D eigenvalue weighted by molar-refractivity contribution is 5.99. The van der Waals surface area contributed by atoms with Gasteiger partial charge in [-0.25, -0.2) is 0 Å². The molecular weight excluding hydrogens is 230 g/mol. The Hall–Kier alpha value is -1.46. The Morgan fingerprint density at radius 1 is 1.50 bits per heavy atom. The highest BCUT2D eigenvalue weighted by atomic mass is 35.5. The molecule has 4 N–H and O–H groups in total. The van der Waals surface area contributed by atoms with Gasteiger partial charge in [0.05, 0.1) is 5.69 Å². The molecule has 0 bridgehead atoms. The maximum atomic E-state index is 11.7. The number of amides is 1. The first kappa shape index (κ1) is 12.6. The second-order valence-electron chi connectivity index (χ2n) is 3.54. The maximum absolute atomic E-state index is 11.7. The van der Waals surface area contributed by atoms with Crippen LogP contribution in [0.15, 0.2) is 18.2 Å². The third kappa shape index (κ3) is 2.05. The molecule has 1 atom stereocenters. The van der Waals surface area contributed by atoms with Gasteiger partial charge in [0.15, 0.2) is 0 Å². The summed E-state index contributed by atoms with van der Waals surface area (Å²) in [7, 11) is 1.66. The topological polar surface area (TPSA) is 81.6 Å². The summed E-state index contributed by atoms with van der Waals surface area (Å²) in [6.45, 7) is 0.195. The lowest BCUT2D eigenvalue weighted by Gasteiger charge is -2.17. The average molecular weight is 244 g/mol. The van der Waals surface area contributed by atoms with Crippen molar-refractivity contribution in [1.29, 1.82) is 0 Å². The van der Waals surface area contributed by atoms with Crippen LogP contribution in [0.25, 0.3) is 0 Å². The van der Waals surface area contributed by atoms with Gasteiger partial charge < -0.3 is 21.1 Å². The molecule has 16 heavy (non-hydrogen) atoms. The van der Waals surface area contributed by atoms with E-state index in [0.29, 0.717) is 17.1 Å². The summed E-state index contributed by atoms with van der Waals surface area (Å²) in [6.07, 6.45) is 0. The first-order valence-electron chi connectivity index (χ1n) is 4.65. The zero-order valence-electron chi connectivity index (χ0n) is 8.84. The minimum absolute atomic E-state index is 0. The van der Waals surface area contributed by atoms with Gasteiger partial charge in [-0.3, -0.25) is 4.79 Å². The number of likely N-dealkylation sites (N-methyl/N-ethyl adjacent to an activating group) is 1. The lowest BCUT2D eigenvalue weighted by atomic mass is 10.2. The van der Waals surface area contributed by atoms with Gasteiger partial charge in [0.1, 0.15) is 18.4 Å². The molecule has 1 aromatic carbocycles. The van der Waals surface area contributed by atoms with E-state index < -0.39 is 6.04 Å². The van der Waals surface area contributed by atoms with Crippen LogP contribution in [0.2, 0.25) is 0 Å². The molecule has 0 saturated carbocycles. The Balaban J connectivity index is 0.00000128. The molecule has 1 aromatic rings. The number of hydrogen-bond donors (Lipinski definition) is 2. The number of nitrogen functional groups attached to an aromatic ring is 1. The summed E-state index contributed by atoms with van der Waals surface area (Å²) in [5.41, 5.74) is 12.5. The molecule has 1 amide bonds. The van der Waals surface area contributed by atoms with Gasteiger partial charge in [-0.2, -0.15) is 0 Å². The Morgan fingerprint density at radius 3 is 2.88 bits per heavy atom. The molecule has 1 heterocycles. The van der Waals surface area contributed by atoms with Crippen LogP contribution < -0.4 is 21.1 Å². The number of anilines is 2. The van der Waals surface area contributed by atoms with Crippen molar-refractivity contribution in [2.45, 2.75) is 6.04 Å². The van der Waals surface area contributed by atoms with Crippen LogP contribution in [-0.2, 0) is 4.79 Å². The van der Waals surface area contributed by atoms with Gasteiger partial charge in [0.2, 0.25) is 5.91 Å². The molecule has 1 aliphatic rings. The fourth-order valence-electron chi connectivity index (χ4n) is 1.54. The molecule has 0 spiro atoms. The average Bonchev–Trinajstić information content (AvgIpc) is 2.32. The molecule has 0 aliphatic carbocycles. The second-order valence-corrected chi connectivity index (χ2v) is 3.54. The minimum atomic E-state index is -0.622. The smallest absolute Gasteiger partial charge is 0.247 e. The van der Waals surface area contributed by atoms with Crippen molar-refractivity contribution < 1.29 is 9.53 Å². The molecule has 0 fully saturated rings. The molecule has 0 saturated heterocycles. The Bertz CT molecular complexity index is 411. The molecule has 6 heteroatoms. The third-order valence-electron chi connectivity index (χ3n) is 2.41. The Kier molecular flexibility index (Phi) is 3.62. The van der Waals surface area contributed by atoms with Crippen LogP contribution in [0.1, 0.15) is 0 Å². The number of carbonyl (C=O) groups is 1. The fourth-order valence-corrected chi connectivity index (χ4v) is 1.54. The predicted molar refractivity (Wildman–Crippen MR) is 65.0 cm³/mol. The van der Waals surface area contributed by atoms with Gasteiger partial charge >= 0.3 is 0 Å². The summed E-state index contributed by atoms with van der Waals surface area (Å²) in [6, 6.07) is 4.55. The van der Waals surface area contributed by atoms with Gasteiger partial charge in [0.25, 0.3) is 0 Å². The Morgan fingerprint density at radius 2 is 2.19 bits per heavy atom. The van der Waals surface area contributed by atoms with Gasteiger partial charge in [-0.15, -0.1) is 12.4 Å². The molecule has 1 aliphatic heterocycles. The first-order chi connectivity index (χ1) is 7.09. The number of ether oxygens (including phenoxy) is 1. The molecular formula is C10H14ClN3O2. The molecule has 0 unspecified atom stereocenters. The zero-order chi connectivity index (χ0) is 11.0. The van der Waals surface area contributed by atoms with Crippen molar-refractivity contribution in [3.63, 3.8) is 0 Å². The van der Waals surface area contributed by atoms with Crippen molar-refractivity contribution in [3.05, 3.63) is 18.2 Å².